The summed E-state index contributed by atoms with van der Waals surface area (Å²) >= 11 is 5.30. The van der Waals surface area contributed by atoms with E-state index in [0.717, 1.165) is 0 Å². The smallest absolute Gasteiger partial charge is 0.261 e. The Kier molecular flexibility index (Phi) is 4.40. The zero-order chi connectivity index (χ0) is 8.15. The predicted octanol–water partition coefficient (Wildman–Crippen LogP) is 1.02. The van der Waals surface area contributed by atoms with Gasteiger partial charge in [-0.15, -0.1) is 11.6 Å². The minimum atomic E-state index is -0.209. The second-order valence-corrected chi connectivity index (χ2v) is 2.40. The van der Waals surface area contributed by atoms with E-state index in [-0.39, 0.29) is 17.8 Å². The summed E-state index contributed by atoms with van der Waals surface area (Å²) in [5.74, 6) is -0.245. The van der Waals surface area contributed by atoms with Gasteiger partial charge < -0.3 is 0 Å². The van der Waals surface area contributed by atoms with Gasteiger partial charge in [-0.05, 0) is 13.8 Å². The first-order valence-corrected chi connectivity index (χ1v) is 3.59. The maximum atomic E-state index is 10.9. The normalized spacial score (nSPS) is 10.1. The molecule has 0 radical (unpaired) electrons. The standard InChI is InChI=1S/C6H12ClNO2/c1-5(2)8(10-3)6(9)4-7/h5H,4H2,1-3H3. The molecule has 0 rings (SSSR count). The summed E-state index contributed by atoms with van der Waals surface area (Å²) in [6.45, 7) is 3.71. The van der Waals surface area contributed by atoms with Crippen molar-refractivity contribution in [3.05, 3.63) is 0 Å². The van der Waals surface area contributed by atoms with Gasteiger partial charge in [0.05, 0.1) is 13.2 Å². The van der Waals surface area contributed by atoms with E-state index in [1.165, 1.54) is 12.2 Å². The van der Waals surface area contributed by atoms with E-state index in [1.807, 2.05) is 13.8 Å². The molecule has 0 spiro atoms. The van der Waals surface area contributed by atoms with Crippen LogP contribution in [-0.4, -0.2) is 30.0 Å². The maximum Gasteiger partial charge on any atom is 0.261 e. The van der Waals surface area contributed by atoms with Gasteiger partial charge >= 0.3 is 0 Å². The van der Waals surface area contributed by atoms with Gasteiger partial charge in [0.25, 0.3) is 5.91 Å². The monoisotopic (exact) mass is 165 g/mol. The van der Waals surface area contributed by atoms with E-state index >= 15 is 0 Å². The molecule has 60 valence electrons. The van der Waals surface area contributed by atoms with Crippen molar-refractivity contribution in [2.24, 2.45) is 0 Å². The highest BCUT2D eigenvalue weighted by Gasteiger charge is 2.14. The molecule has 0 aromatic heterocycles. The summed E-state index contributed by atoms with van der Waals surface area (Å²) in [7, 11) is 1.45. The molecule has 0 saturated heterocycles. The molecule has 10 heavy (non-hydrogen) atoms. The second-order valence-electron chi connectivity index (χ2n) is 2.13. The van der Waals surface area contributed by atoms with Crippen LogP contribution >= 0.6 is 11.6 Å². The minimum absolute atomic E-state index is 0.0357. The molecule has 0 fully saturated rings. The first-order chi connectivity index (χ1) is 4.63. The molecule has 0 aliphatic rings. The van der Waals surface area contributed by atoms with Crippen LogP contribution in [0.2, 0.25) is 0 Å². The fraction of sp³-hybridized carbons (Fsp3) is 0.833. The minimum Gasteiger partial charge on any atom is -0.274 e. The average molecular weight is 166 g/mol. The van der Waals surface area contributed by atoms with Crippen molar-refractivity contribution in [2.45, 2.75) is 19.9 Å². The number of alkyl halides is 1. The topological polar surface area (TPSA) is 29.5 Å². The van der Waals surface area contributed by atoms with E-state index < -0.39 is 0 Å². The second kappa shape index (κ2) is 4.52. The van der Waals surface area contributed by atoms with Crippen LogP contribution < -0.4 is 0 Å². The third-order valence-electron chi connectivity index (χ3n) is 1.03. The van der Waals surface area contributed by atoms with E-state index in [9.17, 15) is 4.79 Å². The van der Waals surface area contributed by atoms with Crippen molar-refractivity contribution < 1.29 is 9.63 Å². The first-order valence-electron chi connectivity index (χ1n) is 3.05. The van der Waals surface area contributed by atoms with Crippen LogP contribution in [0, 0.1) is 0 Å². The molecule has 0 saturated carbocycles. The van der Waals surface area contributed by atoms with E-state index in [4.69, 9.17) is 16.4 Å². The Bertz CT molecular complexity index is 116. The van der Waals surface area contributed by atoms with Crippen LogP contribution in [0.3, 0.4) is 0 Å². The molecule has 0 N–H and O–H groups in total. The van der Waals surface area contributed by atoms with Crippen LogP contribution in [0.25, 0.3) is 0 Å². The molecule has 0 aromatic rings. The highest BCUT2D eigenvalue weighted by Crippen LogP contribution is 1.99. The summed E-state index contributed by atoms with van der Waals surface area (Å²) in [5.41, 5.74) is 0. The SMILES string of the molecule is CON(C(=O)CCl)C(C)C. The molecular formula is C6H12ClNO2. The number of hydrogen-bond acceptors (Lipinski definition) is 2. The lowest BCUT2D eigenvalue weighted by molar-refractivity contribution is -0.181. The first kappa shape index (κ1) is 9.72. The summed E-state index contributed by atoms with van der Waals surface area (Å²) < 4.78 is 0. The Labute approximate surface area is 65.9 Å². The summed E-state index contributed by atoms with van der Waals surface area (Å²) in [6.07, 6.45) is 0. The highest BCUT2D eigenvalue weighted by molar-refractivity contribution is 6.27. The molecule has 1 amide bonds. The van der Waals surface area contributed by atoms with Gasteiger partial charge in [0.2, 0.25) is 0 Å². The molecule has 0 unspecified atom stereocenters. The highest BCUT2D eigenvalue weighted by atomic mass is 35.5. The Morgan fingerprint density at radius 3 is 2.30 bits per heavy atom. The Balaban J connectivity index is 3.93. The number of hydroxylamine groups is 2. The van der Waals surface area contributed by atoms with Gasteiger partial charge in [0.1, 0.15) is 5.88 Å². The average Bonchev–Trinajstić information content (AvgIpc) is 1.88. The van der Waals surface area contributed by atoms with Gasteiger partial charge in [-0.2, -0.15) is 0 Å². The lowest BCUT2D eigenvalue weighted by atomic mass is 10.4. The fourth-order valence-corrected chi connectivity index (χ4v) is 0.777. The van der Waals surface area contributed by atoms with E-state index in [1.54, 1.807) is 0 Å². The molecular weight excluding hydrogens is 154 g/mol. The number of hydrogen-bond donors (Lipinski definition) is 0. The molecule has 0 bridgehead atoms. The third-order valence-corrected chi connectivity index (χ3v) is 1.25. The van der Waals surface area contributed by atoms with Crippen LogP contribution in [0.4, 0.5) is 0 Å². The number of amides is 1. The number of carbonyl (C=O) groups is 1. The lowest BCUT2D eigenvalue weighted by Crippen LogP contribution is -2.36. The van der Waals surface area contributed by atoms with Crippen molar-refractivity contribution in [1.82, 2.24) is 5.06 Å². The Morgan fingerprint density at radius 1 is 1.70 bits per heavy atom. The number of rotatable bonds is 3. The van der Waals surface area contributed by atoms with Gasteiger partial charge in [-0.1, -0.05) is 0 Å². The lowest BCUT2D eigenvalue weighted by Gasteiger charge is -2.22. The quantitative estimate of drug-likeness (QED) is 0.462. The van der Waals surface area contributed by atoms with Gasteiger partial charge in [0, 0.05) is 0 Å². The van der Waals surface area contributed by atoms with Crippen molar-refractivity contribution in [3.8, 4) is 0 Å². The third kappa shape index (κ3) is 2.54. The van der Waals surface area contributed by atoms with E-state index in [0.29, 0.717) is 0 Å². The Morgan fingerprint density at radius 2 is 2.20 bits per heavy atom. The number of halogens is 1. The van der Waals surface area contributed by atoms with Crippen molar-refractivity contribution in [1.29, 1.82) is 0 Å². The van der Waals surface area contributed by atoms with Crippen LogP contribution in [-0.2, 0) is 9.63 Å². The molecule has 0 aliphatic heterocycles. The molecule has 3 nitrogen and oxygen atoms in total. The molecule has 0 aliphatic carbocycles. The van der Waals surface area contributed by atoms with Gasteiger partial charge in [0.15, 0.2) is 0 Å². The van der Waals surface area contributed by atoms with Crippen LogP contribution in [0.1, 0.15) is 13.8 Å². The largest absolute Gasteiger partial charge is 0.274 e. The predicted molar refractivity (Wildman–Crippen MR) is 39.7 cm³/mol. The zero-order valence-electron chi connectivity index (χ0n) is 6.43. The molecule has 0 heterocycles. The number of nitrogens with zero attached hydrogens (tertiary/aromatic N) is 1. The van der Waals surface area contributed by atoms with Gasteiger partial charge in [-0.25, -0.2) is 5.06 Å². The van der Waals surface area contributed by atoms with Gasteiger partial charge in [-0.3, -0.25) is 9.63 Å². The summed E-state index contributed by atoms with van der Waals surface area (Å²) in [5, 5.41) is 1.24. The fourth-order valence-electron chi connectivity index (χ4n) is 0.660. The Hall–Kier alpha value is -0.280. The van der Waals surface area contributed by atoms with Crippen molar-refractivity contribution >= 4 is 17.5 Å². The maximum absolute atomic E-state index is 10.9. The van der Waals surface area contributed by atoms with Crippen molar-refractivity contribution in [2.75, 3.05) is 13.0 Å². The number of carbonyl (C=O) groups excluding carboxylic acids is 1. The van der Waals surface area contributed by atoms with Crippen molar-refractivity contribution in [3.63, 3.8) is 0 Å². The molecule has 0 atom stereocenters. The van der Waals surface area contributed by atoms with Crippen LogP contribution in [0.5, 0.6) is 0 Å². The molecule has 0 aromatic carbocycles. The zero-order valence-corrected chi connectivity index (χ0v) is 7.18. The summed E-state index contributed by atoms with van der Waals surface area (Å²) in [6, 6.07) is 0.0382. The summed E-state index contributed by atoms with van der Waals surface area (Å²) in [4.78, 5) is 15.6. The van der Waals surface area contributed by atoms with Crippen LogP contribution in [0.15, 0.2) is 0 Å². The molecule has 4 heteroatoms. The van der Waals surface area contributed by atoms with E-state index in [2.05, 4.69) is 0 Å².